The summed E-state index contributed by atoms with van der Waals surface area (Å²) < 4.78 is 8.45. The molecule has 0 saturated carbocycles. The minimum Gasteiger partial charge on any atom is -0.469 e. The Kier molecular flexibility index (Phi) is 8.32. The summed E-state index contributed by atoms with van der Waals surface area (Å²) in [6, 6.07) is 16.5. The average Bonchev–Trinajstić information content (AvgIpc) is 3.67. The lowest BCUT2D eigenvalue weighted by molar-refractivity contribution is -0.139. The Hall–Kier alpha value is -4.28. The molecule has 0 atom stereocenters. The molecule has 5 rings (SSSR count). The third-order valence-electron chi connectivity index (χ3n) is 6.76. The summed E-state index contributed by atoms with van der Waals surface area (Å²) in [4.78, 5) is 39.6. The lowest BCUT2D eigenvalue weighted by Gasteiger charge is -2.11. The summed E-state index contributed by atoms with van der Waals surface area (Å²) in [6.07, 6.45) is 2.67. The summed E-state index contributed by atoms with van der Waals surface area (Å²) >= 11 is 7.84. The molecule has 210 valence electrons. The lowest BCUT2D eigenvalue weighted by Crippen LogP contribution is -2.28. The Labute approximate surface area is 245 Å². The van der Waals surface area contributed by atoms with Crippen LogP contribution in [-0.4, -0.2) is 44.1 Å². The van der Waals surface area contributed by atoms with Crippen LogP contribution in [0.25, 0.3) is 15.9 Å². The first-order valence-electron chi connectivity index (χ1n) is 13.0. The van der Waals surface area contributed by atoms with Gasteiger partial charge in [-0.05, 0) is 43.2 Å². The van der Waals surface area contributed by atoms with Crippen molar-refractivity contribution in [1.29, 1.82) is 0 Å². The highest BCUT2D eigenvalue weighted by molar-refractivity contribution is 7.15. The van der Waals surface area contributed by atoms with Crippen LogP contribution in [0, 0.1) is 6.92 Å². The van der Waals surface area contributed by atoms with Gasteiger partial charge in [-0.3, -0.25) is 19.0 Å². The molecule has 0 aliphatic carbocycles. The van der Waals surface area contributed by atoms with E-state index >= 15 is 0 Å². The van der Waals surface area contributed by atoms with Gasteiger partial charge in [0.25, 0.3) is 0 Å². The van der Waals surface area contributed by atoms with Crippen LogP contribution in [0.2, 0.25) is 5.02 Å². The highest BCUT2D eigenvalue weighted by atomic mass is 35.5. The number of hydrogen-bond acceptors (Lipinski definition) is 7. The molecule has 0 aliphatic heterocycles. The van der Waals surface area contributed by atoms with E-state index in [4.69, 9.17) is 16.3 Å². The maximum Gasteiger partial charge on any atom is 0.310 e. The molecule has 1 amide bonds. The zero-order valence-corrected chi connectivity index (χ0v) is 24.4. The van der Waals surface area contributed by atoms with Crippen molar-refractivity contribution in [3.8, 4) is 5.00 Å². The third-order valence-corrected chi connectivity index (χ3v) is 8.36. The molecule has 5 aromatic rings. The molecule has 9 nitrogen and oxygen atoms in total. The van der Waals surface area contributed by atoms with E-state index in [2.05, 4.69) is 15.5 Å². The minimum absolute atomic E-state index is 0.0457. The number of thiophene rings is 1. The minimum atomic E-state index is -0.348. The fraction of sp³-hybridized carbons (Fsp3) is 0.233. The number of para-hydroxylation sites is 1. The van der Waals surface area contributed by atoms with Crippen LogP contribution >= 0.6 is 22.9 Å². The Morgan fingerprint density at radius 2 is 1.80 bits per heavy atom. The van der Waals surface area contributed by atoms with E-state index in [1.165, 1.54) is 18.4 Å². The molecule has 3 aromatic heterocycles. The lowest BCUT2D eigenvalue weighted by atomic mass is 10.0. The number of amides is 1. The molecule has 0 fully saturated rings. The van der Waals surface area contributed by atoms with Crippen molar-refractivity contribution >= 4 is 51.5 Å². The topological polar surface area (TPSA) is 108 Å². The molecule has 3 heterocycles. The van der Waals surface area contributed by atoms with Crippen molar-refractivity contribution in [2.75, 3.05) is 7.11 Å². The predicted octanol–water partition coefficient (Wildman–Crippen LogP) is 5.07. The number of fused-ring (bicyclic) bond motifs is 1. The number of ketones is 1. The summed E-state index contributed by atoms with van der Waals surface area (Å²) in [6.45, 7) is 3.99. The fourth-order valence-electron chi connectivity index (χ4n) is 4.72. The standard InChI is InChI=1S/C30H28ClN5O4S/c1-4-20-14-23(29(39)22-10-5-7-11-24(22)31)30(41-20)36-18(2)33-34-26(36)15-32-27(37)17-35-16-19(13-28(38)40-3)21-9-6-8-12-25(21)35/h5-12,14,16H,4,13,15,17H2,1-3H3,(H,32,37). The van der Waals surface area contributed by atoms with Crippen LogP contribution in [0.15, 0.2) is 60.8 Å². The van der Waals surface area contributed by atoms with Crippen molar-refractivity contribution in [3.05, 3.63) is 99.0 Å². The van der Waals surface area contributed by atoms with Crippen LogP contribution in [0.4, 0.5) is 0 Å². The zero-order valence-electron chi connectivity index (χ0n) is 22.8. The molecule has 1 N–H and O–H groups in total. The number of ether oxygens (including phenoxy) is 1. The first-order chi connectivity index (χ1) is 19.8. The van der Waals surface area contributed by atoms with Crippen molar-refractivity contribution in [1.82, 2.24) is 24.6 Å². The van der Waals surface area contributed by atoms with Gasteiger partial charge in [0.15, 0.2) is 11.6 Å². The summed E-state index contributed by atoms with van der Waals surface area (Å²) in [7, 11) is 1.35. The third kappa shape index (κ3) is 5.79. The smallest absolute Gasteiger partial charge is 0.310 e. The van der Waals surface area contributed by atoms with Crippen molar-refractivity contribution in [2.24, 2.45) is 0 Å². The molecule has 0 saturated heterocycles. The monoisotopic (exact) mass is 589 g/mol. The van der Waals surface area contributed by atoms with E-state index in [0.717, 1.165) is 27.8 Å². The van der Waals surface area contributed by atoms with Gasteiger partial charge in [0.1, 0.15) is 17.4 Å². The number of aromatic nitrogens is 4. The van der Waals surface area contributed by atoms with Gasteiger partial charge in [-0.25, -0.2) is 0 Å². The molecule has 2 aromatic carbocycles. The van der Waals surface area contributed by atoms with Gasteiger partial charge in [-0.15, -0.1) is 21.5 Å². The summed E-state index contributed by atoms with van der Waals surface area (Å²) in [5, 5.41) is 13.4. The van der Waals surface area contributed by atoms with E-state index in [0.29, 0.717) is 32.8 Å². The number of esters is 1. The van der Waals surface area contributed by atoms with E-state index in [9.17, 15) is 14.4 Å². The number of methoxy groups -OCH3 is 1. The molecular formula is C30H28ClN5O4S. The van der Waals surface area contributed by atoms with Gasteiger partial charge in [0, 0.05) is 27.5 Å². The molecule has 41 heavy (non-hydrogen) atoms. The number of nitrogens with one attached hydrogen (secondary N) is 1. The molecule has 0 unspecified atom stereocenters. The van der Waals surface area contributed by atoms with Gasteiger partial charge < -0.3 is 14.6 Å². The Morgan fingerprint density at radius 1 is 1.05 bits per heavy atom. The van der Waals surface area contributed by atoms with Crippen LogP contribution in [0.3, 0.4) is 0 Å². The van der Waals surface area contributed by atoms with Gasteiger partial charge in [-0.1, -0.05) is 48.9 Å². The average molecular weight is 590 g/mol. The van der Waals surface area contributed by atoms with Crippen molar-refractivity contribution in [2.45, 2.75) is 39.8 Å². The normalized spacial score (nSPS) is 11.1. The first kappa shape index (κ1) is 28.3. The number of rotatable bonds is 10. The van der Waals surface area contributed by atoms with Gasteiger partial charge in [0.05, 0.1) is 30.7 Å². The largest absolute Gasteiger partial charge is 0.469 e. The van der Waals surface area contributed by atoms with Crippen LogP contribution in [-0.2, 0) is 40.3 Å². The van der Waals surface area contributed by atoms with Crippen LogP contribution in [0.1, 0.15) is 44.9 Å². The summed E-state index contributed by atoms with van der Waals surface area (Å²) in [5.74, 6) is 0.314. The maximum absolute atomic E-state index is 13.6. The number of halogens is 1. The van der Waals surface area contributed by atoms with Gasteiger partial charge in [-0.2, -0.15) is 0 Å². The number of aryl methyl sites for hydroxylation is 2. The van der Waals surface area contributed by atoms with E-state index in [1.54, 1.807) is 30.5 Å². The highest BCUT2D eigenvalue weighted by Gasteiger charge is 2.24. The second kappa shape index (κ2) is 12.1. The first-order valence-corrected chi connectivity index (χ1v) is 14.2. The Morgan fingerprint density at radius 3 is 2.56 bits per heavy atom. The second-order valence-electron chi connectivity index (χ2n) is 9.42. The number of nitrogens with zero attached hydrogens (tertiary/aromatic N) is 4. The van der Waals surface area contributed by atoms with E-state index in [-0.39, 0.29) is 37.2 Å². The SMILES string of the molecule is CCc1cc(C(=O)c2ccccc2Cl)c(-n2c(C)nnc2CNC(=O)Cn2cc(CC(=O)OC)c3ccccc32)s1. The molecule has 0 radical (unpaired) electrons. The van der Waals surface area contributed by atoms with Crippen molar-refractivity contribution < 1.29 is 19.1 Å². The number of carbonyl (C=O) groups excluding carboxylic acids is 3. The molecular weight excluding hydrogens is 562 g/mol. The fourth-order valence-corrected chi connectivity index (χ4v) is 6.10. The molecule has 0 spiro atoms. The van der Waals surface area contributed by atoms with Crippen LogP contribution in [0.5, 0.6) is 0 Å². The molecule has 0 aliphatic rings. The van der Waals surface area contributed by atoms with E-state index < -0.39 is 0 Å². The number of carbonyl (C=O) groups is 3. The quantitative estimate of drug-likeness (QED) is 0.180. The summed E-state index contributed by atoms with van der Waals surface area (Å²) in [5.41, 5.74) is 2.55. The number of benzene rings is 2. The van der Waals surface area contributed by atoms with Gasteiger partial charge in [0.2, 0.25) is 5.91 Å². The zero-order chi connectivity index (χ0) is 29.1. The highest BCUT2D eigenvalue weighted by Crippen LogP contribution is 2.32. The van der Waals surface area contributed by atoms with Crippen molar-refractivity contribution in [3.63, 3.8) is 0 Å². The molecule has 0 bridgehead atoms. The Bertz CT molecular complexity index is 1770. The van der Waals surface area contributed by atoms with E-state index in [1.807, 2.05) is 53.3 Å². The number of hydrogen-bond donors (Lipinski definition) is 1. The van der Waals surface area contributed by atoms with Crippen LogP contribution < -0.4 is 5.32 Å². The van der Waals surface area contributed by atoms with Gasteiger partial charge >= 0.3 is 5.97 Å². The molecule has 11 heteroatoms. The Balaban J connectivity index is 1.39. The maximum atomic E-state index is 13.6. The predicted molar refractivity (Wildman–Crippen MR) is 158 cm³/mol. The second-order valence-corrected chi connectivity index (χ2v) is 10.9.